The fourth-order valence-electron chi connectivity index (χ4n) is 1.75. The maximum Gasteiger partial charge on any atom is 0.112 e. The van der Waals surface area contributed by atoms with Gasteiger partial charge < -0.3 is 5.32 Å². The van der Waals surface area contributed by atoms with Gasteiger partial charge in [0.05, 0.1) is 5.54 Å². The lowest BCUT2D eigenvalue weighted by Gasteiger charge is -2.32. The van der Waals surface area contributed by atoms with Crippen molar-refractivity contribution >= 4 is 11.3 Å². The molecule has 0 aliphatic rings. The van der Waals surface area contributed by atoms with E-state index in [0.717, 1.165) is 6.42 Å². The Morgan fingerprint density at radius 3 is 2.47 bits per heavy atom. The maximum absolute atomic E-state index is 4.44. The molecule has 0 radical (unpaired) electrons. The van der Waals surface area contributed by atoms with Crippen LogP contribution in [0.1, 0.15) is 52.0 Å². The number of nitrogens with one attached hydrogen (secondary N) is 1. The molecule has 1 rings (SSSR count). The fraction of sp³-hybridized carbons (Fsp3) is 0.750. The van der Waals surface area contributed by atoms with E-state index in [1.807, 2.05) is 6.20 Å². The van der Waals surface area contributed by atoms with Crippen LogP contribution in [0, 0.1) is 0 Å². The first-order valence-corrected chi connectivity index (χ1v) is 6.71. The maximum atomic E-state index is 4.44. The van der Waals surface area contributed by atoms with Crippen molar-refractivity contribution in [1.82, 2.24) is 10.3 Å². The van der Waals surface area contributed by atoms with Crippen LogP contribution in [0.2, 0.25) is 0 Å². The van der Waals surface area contributed by atoms with E-state index in [4.69, 9.17) is 0 Å². The van der Waals surface area contributed by atoms with Gasteiger partial charge in [0.1, 0.15) is 5.01 Å². The smallest absolute Gasteiger partial charge is 0.112 e. The topological polar surface area (TPSA) is 24.9 Å². The first kappa shape index (κ1) is 12.7. The molecule has 0 saturated heterocycles. The summed E-state index contributed by atoms with van der Waals surface area (Å²) in [6, 6.07) is 0.596. The molecule has 0 aliphatic carbocycles. The molecule has 1 heterocycles. The van der Waals surface area contributed by atoms with Gasteiger partial charge in [-0.1, -0.05) is 20.8 Å². The Morgan fingerprint density at radius 1 is 1.40 bits per heavy atom. The van der Waals surface area contributed by atoms with Gasteiger partial charge in [0.2, 0.25) is 0 Å². The summed E-state index contributed by atoms with van der Waals surface area (Å²) in [7, 11) is 0. The van der Waals surface area contributed by atoms with Gasteiger partial charge in [0.15, 0.2) is 0 Å². The first-order valence-electron chi connectivity index (χ1n) is 5.84. The van der Waals surface area contributed by atoms with Crippen molar-refractivity contribution in [3.63, 3.8) is 0 Å². The quantitative estimate of drug-likeness (QED) is 0.802. The molecule has 0 spiro atoms. The van der Waals surface area contributed by atoms with Crippen LogP contribution in [0.3, 0.4) is 0 Å². The van der Waals surface area contributed by atoms with Crippen molar-refractivity contribution in [3.8, 4) is 0 Å². The average molecular weight is 226 g/mol. The van der Waals surface area contributed by atoms with Crippen molar-refractivity contribution in [1.29, 1.82) is 0 Å². The van der Waals surface area contributed by atoms with Gasteiger partial charge in [0, 0.05) is 17.6 Å². The van der Waals surface area contributed by atoms with Crippen LogP contribution in [-0.2, 0) is 5.54 Å². The van der Waals surface area contributed by atoms with Crippen molar-refractivity contribution in [2.75, 3.05) is 0 Å². The standard InChI is InChI=1S/C12H22N2S/c1-5-10(6-2)14-12(4,7-3)11-13-8-9-15-11/h8-10,14H,5-7H2,1-4H3. The molecule has 1 aromatic heterocycles. The number of aromatic nitrogens is 1. The van der Waals surface area contributed by atoms with E-state index in [0.29, 0.717) is 6.04 Å². The van der Waals surface area contributed by atoms with Crippen molar-refractivity contribution < 1.29 is 0 Å². The second-order valence-corrected chi connectivity index (χ2v) is 5.08. The molecule has 15 heavy (non-hydrogen) atoms. The largest absolute Gasteiger partial charge is 0.303 e. The van der Waals surface area contributed by atoms with E-state index in [1.54, 1.807) is 11.3 Å². The summed E-state index contributed by atoms with van der Waals surface area (Å²) in [4.78, 5) is 4.44. The monoisotopic (exact) mass is 226 g/mol. The van der Waals surface area contributed by atoms with Crippen LogP contribution < -0.4 is 5.32 Å². The molecule has 0 aliphatic heterocycles. The number of rotatable bonds is 6. The van der Waals surface area contributed by atoms with E-state index < -0.39 is 0 Å². The summed E-state index contributed by atoms with van der Waals surface area (Å²) < 4.78 is 0. The van der Waals surface area contributed by atoms with Crippen molar-refractivity contribution in [3.05, 3.63) is 16.6 Å². The van der Waals surface area contributed by atoms with Crippen LogP contribution in [-0.4, -0.2) is 11.0 Å². The highest BCUT2D eigenvalue weighted by molar-refractivity contribution is 7.09. The van der Waals surface area contributed by atoms with Crippen LogP contribution in [0.15, 0.2) is 11.6 Å². The van der Waals surface area contributed by atoms with Gasteiger partial charge >= 0.3 is 0 Å². The van der Waals surface area contributed by atoms with E-state index in [9.17, 15) is 0 Å². The zero-order valence-corrected chi connectivity index (χ0v) is 11.0. The Kier molecular flexibility index (Phi) is 4.74. The molecule has 0 aromatic carbocycles. The molecule has 1 aromatic rings. The number of hydrogen-bond donors (Lipinski definition) is 1. The van der Waals surface area contributed by atoms with Gasteiger partial charge in [-0.3, -0.25) is 0 Å². The van der Waals surface area contributed by atoms with Crippen LogP contribution in [0.5, 0.6) is 0 Å². The van der Waals surface area contributed by atoms with Crippen molar-refractivity contribution in [2.24, 2.45) is 0 Å². The summed E-state index contributed by atoms with van der Waals surface area (Å²) in [5, 5.41) is 6.99. The predicted octanol–water partition coefficient (Wildman–Crippen LogP) is 3.55. The molecule has 1 N–H and O–H groups in total. The minimum Gasteiger partial charge on any atom is -0.303 e. The molecule has 1 atom stereocenters. The van der Waals surface area contributed by atoms with Crippen LogP contribution >= 0.6 is 11.3 Å². The zero-order valence-electron chi connectivity index (χ0n) is 10.2. The Hall–Kier alpha value is -0.410. The van der Waals surface area contributed by atoms with Crippen LogP contribution in [0.25, 0.3) is 0 Å². The Labute approximate surface area is 97.1 Å². The van der Waals surface area contributed by atoms with Gasteiger partial charge in [-0.05, 0) is 26.2 Å². The fourth-order valence-corrected chi connectivity index (χ4v) is 2.59. The van der Waals surface area contributed by atoms with E-state index in [2.05, 4.69) is 43.4 Å². The predicted molar refractivity (Wildman–Crippen MR) is 67.3 cm³/mol. The van der Waals surface area contributed by atoms with E-state index >= 15 is 0 Å². The Bertz CT molecular complexity index is 267. The molecule has 1 unspecified atom stereocenters. The summed E-state index contributed by atoms with van der Waals surface area (Å²) in [5.41, 5.74) is 0.0465. The van der Waals surface area contributed by atoms with Gasteiger partial charge in [0.25, 0.3) is 0 Å². The minimum atomic E-state index is 0.0465. The minimum absolute atomic E-state index is 0.0465. The molecule has 0 fully saturated rings. The lowest BCUT2D eigenvalue weighted by Crippen LogP contribution is -2.45. The summed E-state index contributed by atoms with van der Waals surface area (Å²) >= 11 is 1.74. The number of thiazole rings is 1. The van der Waals surface area contributed by atoms with Gasteiger partial charge in [-0.25, -0.2) is 4.98 Å². The molecule has 86 valence electrons. The first-order chi connectivity index (χ1) is 7.16. The third-order valence-electron chi connectivity index (χ3n) is 3.12. The third-order valence-corrected chi connectivity index (χ3v) is 4.16. The number of nitrogens with zero attached hydrogens (tertiary/aromatic N) is 1. The highest BCUT2D eigenvalue weighted by Gasteiger charge is 2.28. The average Bonchev–Trinajstić information content (AvgIpc) is 2.79. The highest BCUT2D eigenvalue weighted by Crippen LogP contribution is 2.27. The molecule has 0 amide bonds. The number of hydrogen-bond acceptors (Lipinski definition) is 3. The van der Waals surface area contributed by atoms with Gasteiger partial charge in [-0.2, -0.15) is 0 Å². The molecule has 0 saturated carbocycles. The zero-order chi connectivity index (χ0) is 11.3. The molecule has 3 heteroatoms. The van der Waals surface area contributed by atoms with Crippen LogP contribution in [0.4, 0.5) is 0 Å². The lowest BCUT2D eigenvalue weighted by atomic mass is 9.97. The summed E-state index contributed by atoms with van der Waals surface area (Å²) in [6.07, 6.45) is 5.33. The molecule has 0 bridgehead atoms. The SMILES string of the molecule is CCC(CC)NC(C)(CC)c1nccs1. The lowest BCUT2D eigenvalue weighted by molar-refractivity contribution is 0.292. The van der Waals surface area contributed by atoms with Gasteiger partial charge in [-0.15, -0.1) is 11.3 Å². The Balaban J connectivity index is 2.77. The summed E-state index contributed by atoms with van der Waals surface area (Å²) in [6.45, 7) is 8.94. The van der Waals surface area contributed by atoms with E-state index in [1.165, 1.54) is 17.8 Å². The molecular formula is C12H22N2S. The molecular weight excluding hydrogens is 204 g/mol. The van der Waals surface area contributed by atoms with E-state index in [-0.39, 0.29) is 5.54 Å². The second kappa shape index (κ2) is 5.61. The summed E-state index contributed by atoms with van der Waals surface area (Å²) in [5.74, 6) is 0. The third kappa shape index (κ3) is 3.02. The normalized spacial score (nSPS) is 15.5. The highest BCUT2D eigenvalue weighted by atomic mass is 32.1. The Morgan fingerprint density at radius 2 is 2.07 bits per heavy atom. The van der Waals surface area contributed by atoms with Crippen molar-refractivity contribution in [2.45, 2.75) is 58.5 Å². The second-order valence-electron chi connectivity index (χ2n) is 4.18. The molecule has 2 nitrogen and oxygen atoms in total.